The number of anilines is 1. The number of nitrogens with one attached hydrogen (secondary N) is 1. The summed E-state index contributed by atoms with van der Waals surface area (Å²) in [5.74, 6) is 1.74. The van der Waals surface area contributed by atoms with Gasteiger partial charge in [0.25, 0.3) is 0 Å². The molecule has 0 bridgehead atoms. The van der Waals surface area contributed by atoms with E-state index < -0.39 is 0 Å². The fraction of sp³-hybridized carbons (Fsp3) is 0.278. The van der Waals surface area contributed by atoms with Crippen molar-refractivity contribution in [3.05, 3.63) is 53.8 Å². The lowest BCUT2D eigenvalue weighted by atomic mass is 10.2. The van der Waals surface area contributed by atoms with Crippen molar-refractivity contribution in [2.24, 2.45) is 0 Å². The van der Waals surface area contributed by atoms with Gasteiger partial charge in [-0.3, -0.25) is 0 Å². The van der Waals surface area contributed by atoms with E-state index in [4.69, 9.17) is 9.47 Å². The van der Waals surface area contributed by atoms with E-state index in [-0.39, 0.29) is 17.2 Å². The highest BCUT2D eigenvalue weighted by Gasteiger charge is 2.30. The Bertz CT molecular complexity index is 732. The quantitative estimate of drug-likeness (QED) is 0.889. The third-order valence-electron chi connectivity index (χ3n) is 3.91. The lowest BCUT2D eigenvalue weighted by molar-refractivity contribution is 0.214. The predicted molar refractivity (Wildman–Crippen MR) is 96.9 cm³/mol. The van der Waals surface area contributed by atoms with Crippen LogP contribution in [0.25, 0.3) is 0 Å². The smallest absolute Gasteiger partial charge is 0.323 e. The average Bonchev–Trinajstić information content (AvgIpc) is 3.11. The van der Waals surface area contributed by atoms with Crippen LogP contribution < -0.4 is 14.8 Å². The highest BCUT2D eigenvalue weighted by atomic mass is 32.2. The van der Waals surface area contributed by atoms with Crippen LogP contribution in [0, 0.1) is 5.82 Å². The van der Waals surface area contributed by atoms with Gasteiger partial charge in [0.05, 0.1) is 14.2 Å². The summed E-state index contributed by atoms with van der Waals surface area (Å²) in [6.45, 7) is 0.625. The van der Waals surface area contributed by atoms with E-state index in [0.29, 0.717) is 23.7 Å². The lowest BCUT2D eigenvalue weighted by Gasteiger charge is -2.24. The third kappa shape index (κ3) is 3.99. The fourth-order valence-corrected chi connectivity index (χ4v) is 3.91. The number of benzene rings is 2. The number of hydrogen-bond donors (Lipinski definition) is 1. The van der Waals surface area contributed by atoms with Crippen LogP contribution in [-0.4, -0.2) is 37.4 Å². The standard InChI is InChI=1S/C18H19FN2O3S/c1-23-15-9-14(10-16(11-15)24-2)20-18(22)21-7-8-25-17(21)12-3-5-13(19)6-4-12/h3-6,9-11,17H,7-8H2,1-2H3,(H,20,22). The molecule has 0 radical (unpaired) electrons. The molecule has 2 amide bonds. The first-order valence-electron chi connectivity index (χ1n) is 7.78. The summed E-state index contributed by atoms with van der Waals surface area (Å²) in [7, 11) is 3.12. The molecular formula is C18H19FN2O3S. The summed E-state index contributed by atoms with van der Waals surface area (Å²) in [6, 6.07) is 11.2. The molecule has 1 fully saturated rings. The van der Waals surface area contributed by atoms with Crippen LogP contribution in [-0.2, 0) is 0 Å². The Kier molecular flexibility index (Phi) is 5.33. The normalized spacial score (nSPS) is 16.6. The number of methoxy groups -OCH3 is 2. The Labute approximate surface area is 150 Å². The van der Waals surface area contributed by atoms with Crippen molar-refractivity contribution in [1.82, 2.24) is 4.90 Å². The van der Waals surface area contributed by atoms with Gasteiger partial charge in [0, 0.05) is 36.2 Å². The summed E-state index contributed by atoms with van der Waals surface area (Å²) >= 11 is 1.66. The molecule has 0 aliphatic carbocycles. The minimum atomic E-state index is -0.286. The van der Waals surface area contributed by atoms with E-state index in [9.17, 15) is 9.18 Å². The van der Waals surface area contributed by atoms with Crippen LogP contribution in [0.3, 0.4) is 0 Å². The van der Waals surface area contributed by atoms with Gasteiger partial charge in [-0.25, -0.2) is 9.18 Å². The summed E-state index contributed by atoms with van der Waals surface area (Å²) in [6.07, 6.45) is 0. The molecular weight excluding hydrogens is 343 g/mol. The molecule has 2 aromatic rings. The zero-order valence-corrected chi connectivity index (χ0v) is 14.8. The molecule has 1 aliphatic heterocycles. The molecule has 1 saturated heterocycles. The number of rotatable bonds is 4. The molecule has 1 N–H and O–H groups in total. The molecule has 0 saturated carbocycles. The number of nitrogens with zero attached hydrogens (tertiary/aromatic N) is 1. The van der Waals surface area contributed by atoms with Gasteiger partial charge in [0.1, 0.15) is 22.7 Å². The second-order valence-electron chi connectivity index (χ2n) is 5.50. The average molecular weight is 362 g/mol. The molecule has 0 spiro atoms. The van der Waals surface area contributed by atoms with Crippen LogP contribution in [0.5, 0.6) is 11.5 Å². The van der Waals surface area contributed by atoms with Gasteiger partial charge >= 0.3 is 6.03 Å². The van der Waals surface area contributed by atoms with Crippen LogP contribution in [0.1, 0.15) is 10.9 Å². The fourth-order valence-electron chi connectivity index (χ4n) is 2.66. The molecule has 5 nitrogen and oxygen atoms in total. The van der Waals surface area contributed by atoms with Gasteiger partial charge in [-0.1, -0.05) is 12.1 Å². The van der Waals surface area contributed by atoms with Crippen LogP contribution in [0.15, 0.2) is 42.5 Å². The van der Waals surface area contributed by atoms with E-state index in [2.05, 4.69) is 5.32 Å². The number of thioether (sulfide) groups is 1. The van der Waals surface area contributed by atoms with Gasteiger partial charge in [0.2, 0.25) is 0 Å². The monoisotopic (exact) mass is 362 g/mol. The molecule has 3 rings (SSSR count). The molecule has 7 heteroatoms. The second kappa shape index (κ2) is 7.65. The Balaban J connectivity index is 1.77. The molecule has 25 heavy (non-hydrogen) atoms. The van der Waals surface area contributed by atoms with Gasteiger partial charge in [-0.2, -0.15) is 0 Å². The van der Waals surface area contributed by atoms with Gasteiger partial charge < -0.3 is 19.7 Å². The first-order chi connectivity index (χ1) is 12.1. The van der Waals surface area contributed by atoms with Crippen molar-refractivity contribution < 1.29 is 18.7 Å². The number of carbonyl (C=O) groups is 1. The number of amides is 2. The zero-order valence-electron chi connectivity index (χ0n) is 14.0. The van der Waals surface area contributed by atoms with Crippen molar-refractivity contribution >= 4 is 23.5 Å². The van der Waals surface area contributed by atoms with Crippen molar-refractivity contribution in [2.45, 2.75) is 5.37 Å². The maximum absolute atomic E-state index is 13.1. The number of carbonyl (C=O) groups excluding carboxylic acids is 1. The van der Waals surface area contributed by atoms with Gasteiger partial charge in [0.15, 0.2) is 0 Å². The lowest BCUT2D eigenvalue weighted by Crippen LogP contribution is -2.34. The minimum absolute atomic E-state index is 0.131. The van der Waals surface area contributed by atoms with Crippen molar-refractivity contribution in [2.75, 3.05) is 31.8 Å². The SMILES string of the molecule is COc1cc(NC(=O)N2CCSC2c2ccc(F)cc2)cc(OC)c1. The van der Waals surface area contributed by atoms with E-state index in [0.717, 1.165) is 11.3 Å². The van der Waals surface area contributed by atoms with E-state index in [1.165, 1.54) is 12.1 Å². The first-order valence-corrected chi connectivity index (χ1v) is 8.83. The number of ether oxygens (including phenoxy) is 2. The number of urea groups is 1. The van der Waals surface area contributed by atoms with Crippen LogP contribution >= 0.6 is 11.8 Å². The first kappa shape index (κ1) is 17.4. The topological polar surface area (TPSA) is 50.8 Å². The maximum atomic E-state index is 13.1. The van der Waals surface area contributed by atoms with Crippen molar-refractivity contribution in [1.29, 1.82) is 0 Å². The molecule has 132 valence electrons. The largest absolute Gasteiger partial charge is 0.497 e. The summed E-state index contributed by atoms with van der Waals surface area (Å²) in [4.78, 5) is 14.5. The summed E-state index contributed by atoms with van der Waals surface area (Å²) < 4.78 is 23.6. The Hall–Kier alpha value is -2.41. The molecule has 2 aromatic carbocycles. The predicted octanol–water partition coefficient (Wildman–Crippen LogP) is 4.12. The Morgan fingerprint density at radius 1 is 1.16 bits per heavy atom. The van der Waals surface area contributed by atoms with E-state index >= 15 is 0 Å². The summed E-state index contributed by atoms with van der Waals surface area (Å²) in [5, 5.41) is 2.75. The maximum Gasteiger partial charge on any atom is 0.323 e. The van der Waals surface area contributed by atoms with Crippen molar-refractivity contribution in [3.63, 3.8) is 0 Å². The van der Waals surface area contributed by atoms with Crippen LogP contribution in [0.2, 0.25) is 0 Å². The highest BCUT2D eigenvalue weighted by Crippen LogP contribution is 2.38. The Morgan fingerprint density at radius 3 is 2.40 bits per heavy atom. The van der Waals surface area contributed by atoms with E-state index in [1.807, 2.05) is 0 Å². The molecule has 0 aromatic heterocycles. The zero-order chi connectivity index (χ0) is 17.8. The van der Waals surface area contributed by atoms with Crippen molar-refractivity contribution in [3.8, 4) is 11.5 Å². The van der Waals surface area contributed by atoms with Gasteiger partial charge in [-0.05, 0) is 17.7 Å². The number of halogens is 1. The minimum Gasteiger partial charge on any atom is -0.497 e. The van der Waals surface area contributed by atoms with E-state index in [1.54, 1.807) is 61.2 Å². The number of hydrogen-bond acceptors (Lipinski definition) is 4. The molecule has 1 heterocycles. The molecule has 1 aliphatic rings. The highest BCUT2D eigenvalue weighted by molar-refractivity contribution is 7.99. The summed E-state index contributed by atoms with van der Waals surface area (Å²) in [5.41, 5.74) is 1.50. The third-order valence-corrected chi connectivity index (χ3v) is 5.17. The molecule has 1 unspecified atom stereocenters. The Morgan fingerprint density at radius 2 is 1.80 bits per heavy atom. The van der Waals surface area contributed by atoms with Crippen LogP contribution in [0.4, 0.5) is 14.9 Å². The van der Waals surface area contributed by atoms with Gasteiger partial charge in [-0.15, -0.1) is 11.8 Å². The molecule has 1 atom stereocenters. The second-order valence-corrected chi connectivity index (χ2v) is 6.69.